The summed E-state index contributed by atoms with van der Waals surface area (Å²) in [6, 6.07) is 9.05. The van der Waals surface area contributed by atoms with Crippen molar-refractivity contribution in [3.05, 3.63) is 29.8 Å². The van der Waals surface area contributed by atoms with Gasteiger partial charge in [0, 0.05) is 38.8 Å². The summed E-state index contributed by atoms with van der Waals surface area (Å²) in [5, 5.41) is 0. The van der Waals surface area contributed by atoms with Crippen LogP contribution in [-0.2, 0) is 6.54 Å². The Balaban J connectivity index is 1.87. The molecule has 0 unspecified atom stereocenters. The van der Waals surface area contributed by atoms with Gasteiger partial charge in [-0.05, 0) is 31.5 Å². The first-order valence-corrected chi connectivity index (χ1v) is 6.78. The Hall–Kier alpha value is -1.06. The third kappa shape index (κ3) is 3.47. The highest BCUT2D eigenvalue weighted by atomic mass is 16.5. The fourth-order valence-electron chi connectivity index (χ4n) is 2.47. The molecule has 3 heteroatoms. The molecule has 0 radical (unpaired) electrons. The maximum atomic E-state index is 5.27. The van der Waals surface area contributed by atoms with E-state index in [1.165, 1.54) is 18.7 Å². The smallest absolute Gasteiger partial charge is 0.119 e. The van der Waals surface area contributed by atoms with E-state index in [4.69, 9.17) is 4.74 Å². The van der Waals surface area contributed by atoms with Crippen molar-refractivity contribution in [3.8, 4) is 5.75 Å². The van der Waals surface area contributed by atoms with Gasteiger partial charge in [0.1, 0.15) is 5.75 Å². The van der Waals surface area contributed by atoms with Crippen LogP contribution in [0.25, 0.3) is 0 Å². The van der Waals surface area contributed by atoms with E-state index in [0.29, 0.717) is 6.04 Å². The molecule has 0 amide bonds. The molecule has 1 aliphatic heterocycles. The Morgan fingerprint density at radius 1 is 1.17 bits per heavy atom. The second-order valence-electron chi connectivity index (χ2n) is 5.26. The number of nitrogens with zero attached hydrogens (tertiary/aromatic N) is 2. The van der Waals surface area contributed by atoms with Gasteiger partial charge in [0.25, 0.3) is 0 Å². The molecule has 0 aromatic heterocycles. The summed E-state index contributed by atoms with van der Waals surface area (Å²) in [6.45, 7) is 10.3. The summed E-state index contributed by atoms with van der Waals surface area (Å²) in [6.07, 6.45) is 0. The lowest BCUT2D eigenvalue weighted by Gasteiger charge is -2.36. The number of rotatable bonds is 4. The van der Waals surface area contributed by atoms with Crippen molar-refractivity contribution < 1.29 is 4.74 Å². The van der Waals surface area contributed by atoms with Gasteiger partial charge >= 0.3 is 0 Å². The average molecular weight is 248 g/mol. The number of piperazine rings is 1. The maximum Gasteiger partial charge on any atom is 0.119 e. The molecule has 1 saturated heterocycles. The van der Waals surface area contributed by atoms with Crippen molar-refractivity contribution in [1.29, 1.82) is 0 Å². The lowest BCUT2D eigenvalue weighted by Crippen LogP contribution is -2.48. The van der Waals surface area contributed by atoms with Gasteiger partial charge in [-0.25, -0.2) is 0 Å². The van der Waals surface area contributed by atoms with Crippen molar-refractivity contribution in [2.24, 2.45) is 0 Å². The topological polar surface area (TPSA) is 15.7 Å². The fourth-order valence-corrected chi connectivity index (χ4v) is 2.47. The second-order valence-corrected chi connectivity index (χ2v) is 5.26. The molecule has 1 aliphatic rings. The van der Waals surface area contributed by atoms with E-state index >= 15 is 0 Å². The Kier molecular flexibility index (Phi) is 4.61. The van der Waals surface area contributed by atoms with Crippen molar-refractivity contribution in [3.63, 3.8) is 0 Å². The number of ether oxygens (including phenoxy) is 1. The quantitative estimate of drug-likeness (QED) is 0.812. The molecule has 18 heavy (non-hydrogen) atoms. The van der Waals surface area contributed by atoms with Crippen LogP contribution in [0.5, 0.6) is 5.75 Å². The first kappa shape index (κ1) is 13.4. The van der Waals surface area contributed by atoms with Crippen molar-refractivity contribution >= 4 is 0 Å². The molecule has 0 N–H and O–H groups in total. The predicted molar refractivity (Wildman–Crippen MR) is 75.0 cm³/mol. The minimum Gasteiger partial charge on any atom is -0.497 e. The molecule has 1 fully saturated rings. The molecule has 1 aromatic carbocycles. The molecule has 1 aromatic rings. The van der Waals surface area contributed by atoms with E-state index in [2.05, 4.69) is 41.8 Å². The van der Waals surface area contributed by atoms with E-state index in [9.17, 15) is 0 Å². The molecule has 100 valence electrons. The molecule has 0 atom stereocenters. The number of benzene rings is 1. The second kappa shape index (κ2) is 6.21. The molecule has 0 saturated carbocycles. The monoisotopic (exact) mass is 248 g/mol. The summed E-state index contributed by atoms with van der Waals surface area (Å²) in [5.41, 5.74) is 1.34. The van der Waals surface area contributed by atoms with Crippen molar-refractivity contribution in [1.82, 2.24) is 9.80 Å². The van der Waals surface area contributed by atoms with Gasteiger partial charge in [-0.1, -0.05) is 12.1 Å². The van der Waals surface area contributed by atoms with Gasteiger partial charge in [-0.2, -0.15) is 0 Å². The van der Waals surface area contributed by atoms with Crippen LogP contribution in [0.15, 0.2) is 24.3 Å². The van der Waals surface area contributed by atoms with Crippen LogP contribution in [0.2, 0.25) is 0 Å². The molecular weight excluding hydrogens is 224 g/mol. The fraction of sp³-hybridized carbons (Fsp3) is 0.600. The molecule has 2 rings (SSSR count). The highest BCUT2D eigenvalue weighted by molar-refractivity contribution is 5.28. The van der Waals surface area contributed by atoms with Gasteiger partial charge < -0.3 is 4.74 Å². The number of hydrogen-bond donors (Lipinski definition) is 0. The number of methoxy groups -OCH3 is 1. The van der Waals surface area contributed by atoms with Crippen LogP contribution in [0.3, 0.4) is 0 Å². The molecular formula is C15H24N2O. The average Bonchev–Trinajstić information content (AvgIpc) is 2.39. The van der Waals surface area contributed by atoms with E-state index in [1.54, 1.807) is 7.11 Å². The highest BCUT2D eigenvalue weighted by Crippen LogP contribution is 2.15. The first-order chi connectivity index (χ1) is 8.69. The Bertz CT molecular complexity index is 371. The Morgan fingerprint density at radius 3 is 2.50 bits per heavy atom. The summed E-state index contributed by atoms with van der Waals surface area (Å²) in [5.74, 6) is 0.952. The minimum absolute atomic E-state index is 0.670. The molecule has 1 heterocycles. The minimum atomic E-state index is 0.670. The highest BCUT2D eigenvalue weighted by Gasteiger charge is 2.18. The van der Waals surface area contributed by atoms with Crippen LogP contribution >= 0.6 is 0 Å². The van der Waals surface area contributed by atoms with Gasteiger partial charge in [0.05, 0.1) is 7.11 Å². The van der Waals surface area contributed by atoms with Gasteiger partial charge in [0.15, 0.2) is 0 Å². The summed E-state index contributed by atoms with van der Waals surface area (Å²) in [4.78, 5) is 5.07. The van der Waals surface area contributed by atoms with Crippen molar-refractivity contribution in [2.75, 3.05) is 33.3 Å². The summed E-state index contributed by atoms with van der Waals surface area (Å²) < 4.78 is 5.27. The SMILES string of the molecule is COc1cccc(CN2CCN(C(C)C)CC2)c1. The third-order valence-corrected chi connectivity index (χ3v) is 3.68. The molecule has 0 aliphatic carbocycles. The maximum absolute atomic E-state index is 5.27. The van der Waals surface area contributed by atoms with E-state index in [-0.39, 0.29) is 0 Å². The van der Waals surface area contributed by atoms with E-state index < -0.39 is 0 Å². The molecule has 0 spiro atoms. The van der Waals surface area contributed by atoms with Crippen LogP contribution in [0.1, 0.15) is 19.4 Å². The lowest BCUT2D eigenvalue weighted by atomic mass is 10.1. The Morgan fingerprint density at radius 2 is 1.89 bits per heavy atom. The van der Waals surface area contributed by atoms with E-state index in [0.717, 1.165) is 25.4 Å². The zero-order chi connectivity index (χ0) is 13.0. The molecule has 0 bridgehead atoms. The first-order valence-electron chi connectivity index (χ1n) is 6.78. The zero-order valence-corrected chi connectivity index (χ0v) is 11.7. The van der Waals surface area contributed by atoms with Crippen LogP contribution in [0, 0.1) is 0 Å². The standard InChI is InChI=1S/C15H24N2O/c1-13(2)17-9-7-16(8-10-17)12-14-5-4-6-15(11-14)18-3/h4-6,11,13H,7-10,12H2,1-3H3. The van der Waals surface area contributed by atoms with Crippen LogP contribution in [0.4, 0.5) is 0 Å². The van der Waals surface area contributed by atoms with Crippen molar-refractivity contribution in [2.45, 2.75) is 26.4 Å². The third-order valence-electron chi connectivity index (χ3n) is 3.68. The van der Waals surface area contributed by atoms with E-state index in [1.807, 2.05) is 6.07 Å². The Labute approximate surface area is 110 Å². The predicted octanol–water partition coefficient (Wildman–Crippen LogP) is 2.22. The summed E-state index contributed by atoms with van der Waals surface area (Å²) in [7, 11) is 1.72. The largest absolute Gasteiger partial charge is 0.497 e. The normalized spacial score (nSPS) is 18.2. The molecule has 3 nitrogen and oxygen atoms in total. The van der Waals surface area contributed by atoms with Gasteiger partial charge in [-0.3, -0.25) is 9.80 Å². The van der Waals surface area contributed by atoms with Gasteiger partial charge in [-0.15, -0.1) is 0 Å². The lowest BCUT2D eigenvalue weighted by molar-refractivity contribution is 0.104. The van der Waals surface area contributed by atoms with Crippen LogP contribution < -0.4 is 4.74 Å². The summed E-state index contributed by atoms with van der Waals surface area (Å²) >= 11 is 0. The number of hydrogen-bond acceptors (Lipinski definition) is 3. The van der Waals surface area contributed by atoms with Crippen LogP contribution in [-0.4, -0.2) is 49.1 Å². The zero-order valence-electron chi connectivity index (χ0n) is 11.7. The van der Waals surface area contributed by atoms with Gasteiger partial charge in [0.2, 0.25) is 0 Å².